The number of nitrogens with one attached hydrogen (secondary N) is 2. The Balaban J connectivity index is 2.10. The molecule has 0 aliphatic carbocycles. The monoisotopic (exact) mass is 303 g/mol. The van der Waals surface area contributed by atoms with E-state index in [9.17, 15) is 8.42 Å². The summed E-state index contributed by atoms with van der Waals surface area (Å²) in [6.07, 6.45) is 3.78. The number of halogens is 1. The van der Waals surface area contributed by atoms with Gasteiger partial charge in [-0.05, 0) is 6.92 Å². The normalized spacial score (nSPS) is 11.9. The van der Waals surface area contributed by atoms with E-state index in [1.165, 1.54) is 4.68 Å². The summed E-state index contributed by atoms with van der Waals surface area (Å²) in [6.45, 7) is 1.84. The first-order chi connectivity index (χ1) is 8.92. The third-order valence-corrected chi connectivity index (χ3v) is 4.73. The highest BCUT2D eigenvalue weighted by molar-refractivity contribution is 7.89. The van der Waals surface area contributed by atoms with Crippen molar-refractivity contribution in [1.82, 2.24) is 24.5 Å². The lowest BCUT2D eigenvalue weighted by Gasteiger charge is -2.05. The Labute approximate surface area is 116 Å². The molecule has 7 nitrogen and oxygen atoms in total. The minimum absolute atomic E-state index is 0.0242. The van der Waals surface area contributed by atoms with Crippen molar-refractivity contribution >= 4 is 21.6 Å². The highest BCUT2D eigenvalue weighted by Gasteiger charge is 2.24. The van der Waals surface area contributed by atoms with Gasteiger partial charge in [-0.1, -0.05) is 11.6 Å². The van der Waals surface area contributed by atoms with Gasteiger partial charge < -0.3 is 4.98 Å². The van der Waals surface area contributed by atoms with E-state index in [0.29, 0.717) is 12.1 Å². The predicted octanol–water partition coefficient (Wildman–Crippen LogP) is 0.626. The minimum atomic E-state index is -3.66. The Morgan fingerprint density at radius 1 is 1.53 bits per heavy atom. The summed E-state index contributed by atoms with van der Waals surface area (Å²) in [5, 5.41) is 4.08. The fraction of sp³-hybridized carbons (Fsp3) is 0.400. The molecular weight excluding hydrogens is 290 g/mol. The molecule has 0 unspecified atom stereocenters. The summed E-state index contributed by atoms with van der Waals surface area (Å²) in [7, 11) is -2.07. The lowest BCUT2D eigenvalue weighted by molar-refractivity contribution is 0.580. The van der Waals surface area contributed by atoms with E-state index >= 15 is 0 Å². The predicted molar refractivity (Wildman–Crippen MR) is 70.4 cm³/mol. The molecule has 0 aliphatic rings. The van der Waals surface area contributed by atoms with E-state index in [2.05, 4.69) is 19.8 Å². The molecule has 0 fully saturated rings. The van der Waals surface area contributed by atoms with Crippen molar-refractivity contribution in [2.24, 2.45) is 7.05 Å². The molecule has 9 heteroatoms. The average Bonchev–Trinajstić information content (AvgIpc) is 2.88. The molecule has 0 aromatic carbocycles. The Morgan fingerprint density at radius 2 is 2.26 bits per heavy atom. The van der Waals surface area contributed by atoms with Crippen LogP contribution in [0.5, 0.6) is 0 Å². The van der Waals surface area contributed by atoms with Crippen molar-refractivity contribution in [1.29, 1.82) is 0 Å². The third kappa shape index (κ3) is 2.96. The first-order valence-corrected chi connectivity index (χ1v) is 7.45. The summed E-state index contributed by atoms with van der Waals surface area (Å²) < 4.78 is 28.1. The molecule has 0 radical (unpaired) electrons. The van der Waals surface area contributed by atoms with Gasteiger partial charge in [0.15, 0.2) is 0 Å². The second-order valence-electron chi connectivity index (χ2n) is 4.01. The van der Waals surface area contributed by atoms with E-state index in [0.717, 1.165) is 5.82 Å². The maximum atomic E-state index is 12.1. The standard InChI is InChI=1S/C10H14ClN5O2S/c1-7-9(10(11)16(2)15-7)19(17,18)14-4-3-8-12-5-6-13-8/h5-6,14H,3-4H2,1-2H3,(H,12,13). The zero-order chi connectivity index (χ0) is 14.0. The van der Waals surface area contributed by atoms with Crippen LogP contribution >= 0.6 is 11.6 Å². The Morgan fingerprint density at radius 3 is 2.79 bits per heavy atom. The van der Waals surface area contributed by atoms with Gasteiger partial charge in [0.05, 0.1) is 5.69 Å². The van der Waals surface area contributed by atoms with Crippen LogP contribution in [0, 0.1) is 6.92 Å². The molecule has 2 aromatic rings. The van der Waals surface area contributed by atoms with Gasteiger partial charge in [-0.3, -0.25) is 4.68 Å². The molecule has 0 aliphatic heterocycles. The highest BCUT2D eigenvalue weighted by atomic mass is 35.5. The van der Waals surface area contributed by atoms with E-state index in [4.69, 9.17) is 11.6 Å². The minimum Gasteiger partial charge on any atom is -0.349 e. The molecule has 2 aromatic heterocycles. The molecule has 0 spiro atoms. The SMILES string of the molecule is Cc1nn(C)c(Cl)c1S(=O)(=O)NCCc1ncc[nH]1. The zero-order valence-electron chi connectivity index (χ0n) is 10.5. The van der Waals surface area contributed by atoms with Crippen LogP contribution in [0.1, 0.15) is 11.5 Å². The number of imidazole rings is 1. The number of aryl methyl sites for hydroxylation is 2. The second kappa shape index (κ2) is 5.32. The van der Waals surface area contributed by atoms with Gasteiger partial charge in [0, 0.05) is 32.4 Å². The Hall–Kier alpha value is -1.38. The van der Waals surface area contributed by atoms with Crippen molar-refractivity contribution in [3.63, 3.8) is 0 Å². The van der Waals surface area contributed by atoms with Crippen molar-refractivity contribution in [3.8, 4) is 0 Å². The number of aromatic nitrogens is 4. The summed E-state index contributed by atoms with van der Waals surface area (Å²) >= 11 is 5.94. The van der Waals surface area contributed by atoms with Gasteiger partial charge in [0.2, 0.25) is 10.0 Å². The third-order valence-electron chi connectivity index (χ3n) is 2.58. The largest absolute Gasteiger partial charge is 0.349 e. The Bertz CT molecular complexity index is 662. The molecule has 0 bridgehead atoms. The van der Waals surface area contributed by atoms with Crippen LogP contribution in [0.2, 0.25) is 5.15 Å². The highest BCUT2D eigenvalue weighted by Crippen LogP contribution is 2.23. The van der Waals surface area contributed by atoms with Crippen LogP contribution < -0.4 is 4.72 Å². The molecule has 0 saturated heterocycles. The van der Waals surface area contributed by atoms with E-state index in [1.807, 2.05) is 0 Å². The maximum absolute atomic E-state index is 12.1. The lowest BCUT2D eigenvalue weighted by atomic mass is 10.4. The zero-order valence-corrected chi connectivity index (χ0v) is 12.1. The first-order valence-electron chi connectivity index (χ1n) is 5.59. The molecular formula is C10H14ClN5O2S. The van der Waals surface area contributed by atoms with Gasteiger partial charge in [-0.25, -0.2) is 18.1 Å². The molecule has 0 saturated carbocycles. The van der Waals surface area contributed by atoms with E-state index < -0.39 is 10.0 Å². The van der Waals surface area contributed by atoms with Crippen LogP contribution in [0.15, 0.2) is 17.3 Å². The van der Waals surface area contributed by atoms with Gasteiger partial charge in [-0.15, -0.1) is 0 Å². The average molecular weight is 304 g/mol. The maximum Gasteiger partial charge on any atom is 0.245 e. The number of H-pyrrole nitrogens is 1. The molecule has 2 heterocycles. The lowest BCUT2D eigenvalue weighted by Crippen LogP contribution is -2.26. The van der Waals surface area contributed by atoms with Gasteiger partial charge in [-0.2, -0.15) is 5.10 Å². The molecule has 0 amide bonds. The quantitative estimate of drug-likeness (QED) is 0.847. The number of nitrogens with zero attached hydrogens (tertiary/aromatic N) is 3. The molecule has 2 rings (SSSR count). The smallest absolute Gasteiger partial charge is 0.245 e. The number of aromatic amines is 1. The van der Waals surface area contributed by atoms with E-state index in [1.54, 1.807) is 26.4 Å². The number of hydrogen-bond acceptors (Lipinski definition) is 4. The van der Waals surface area contributed by atoms with Gasteiger partial charge >= 0.3 is 0 Å². The topological polar surface area (TPSA) is 92.7 Å². The van der Waals surface area contributed by atoms with Crippen LogP contribution in [0.4, 0.5) is 0 Å². The van der Waals surface area contributed by atoms with Crippen molar-refractivity contribution in [3.05, 3.63) is 29.1 Å². The molecule has 2 N–H and O–H groups in total. The van der Waals surface area contributed by atoms with E-state index in [-0.39, 0.29) is 16.6 Å². The fourth-order valence-electron chi connectivity index (χ4n) is 1.73. The first kappa shape index (κ1) is 14.0. The molecule has 0 atom stereocenters. The van der Waals surface area contributed by atoms with Crippen molar-refractivity contribution < 1.29 is 8.42 Å². The van der Waals surface area contributed by atoms with Crippen LogP contribution in [-0.4, -0.2) is 34.7 Å². The fourth-order valence-corrected chi connectivity index (χ4v) is 3.50. The van der Waals surface area contributed by atoms with Crippen molar-refractivity contribution in [2.75, 3.05) is 6.54 Å². The summed E-state index contributed by atoms with van der Waals surface area (Å²) in [6, 6.07) is 0. The van der Waals surface area contributed by atoms with Crippen LogP contribution in [-0.2, 0) is 23.5 Å². The number of rotatable bonds is 5. The summed E-state index contributed by atoms with van der Waals surface area (Å²) in [5.41, 5.74) is 0.373. The molecule has 19 heavy (non-hydrogen) atoms. The Kier molecular flexibility index (Phi) is 3.93. The summed E-state index contributed by atoms with van der Waals surface area (Å²) in [4.78, 5) is 6.94. The second-order valence-corrected chi connectivity index (χ2v) is 6.07. The molecule has 104 valence electrons. The van der Waals surface area contributed by atoms with Gasteiger partial charge in [0.25, 0.3) is 0 Å². The van der Waals surface area contributed by atoms with Crippen molar-refractivity contribution in [2.45, 2.75) is 18.2 Å². The number of sulfonamides is 1. The number of hydrogen-bond donors (Lipinski definition) is 2. The summed E-state index contributed by atoms with van der Waals surface area (Å²) in [5.74, 6) is 0.719. The van der Waals surface area contributed by atoms with Gasteiger partial charge in [0.1, 0.15) is 15.9 Å². The van der Waals surface area contributed by atoms with Crippen LogP contribution in [0.25, 0.3) is 0 Å². The van der Waals surface area contributed by atoms with Crippen LogP contribution in [0.3, 0.4) is 0 Å².